The Kier molecular flexibility index (Phi) is 2.56. The first-order chi connectivity index (χ1) is 7.43. The second-order valence-corrected chi connectivity index (χ2v) is 5.02. The topological polar surface area (TPSA) is 23.6 Å². The number of allylic oxidation sites excluding steroid dienone is 1. The fourth-order valence-electron chi connectivity index (χ4n) is 2.60. The van der Waals surface area contributed by atoms with E-state index < -0.39 is 0 Å². The van der Waals surface area contributed by atoms with Crippen molar-refractivity contribution in [3.05, 3.63) is 23.0 Å². The molecule has 0 spiro atoms. The molecule has 2 aliphatic heterocycles. The maximum absolute atomic E-state index is 12.3. The summed E-state index contributed by atoms with van der Waals surface area (Å²) in [5.41, 5.74) is 3.26. The van der Waals surface area contributed by atoms with Gasteiger partial charge in [-0.2, -0.15) is 0 Å². The third-order valence-corrected chi connectivity index (χ3v) is 4.04. The summed E-state index contributed by atoms with van der Waals surface area (Å²) >= 11 is 0. The van der Waals surface area contributed by atoms with Crippen LogP contribution in [0.25, 0.3) is 0 Å². The number of rotatable bonds is 0. The van der Waals surface area contributed by atoms with Crippen LogP contribution in [0.3, 0.4) is 0 Å². The number of nitrogens with zero attached hydrogens (tertiary/aromatic N) is 2. The van der Waals surface area contributed by atoms with Gasteiger partial charge in [0.05, 0.1) is 6.04 Å². The number of fused-ring (bicyclic) bond motifs is 1. The van der Waals surface area contributed by atoms with Gasteiger partial charge in [0.25, 0.3) is 5.91 Å². The van der Waals surface area contributed by atoms with E-state index in [0.717, 1.165) is 17.7 Å². The van der Waals surface area contributed by atoms with Crippen LogP contribution in [0.1, 0.15) is 34.1 Å². The average Bonchev–Trinajstić information content (AvgIpc) is 2.63. The Hall–Kier alpha value is -1.25. The number of hydrogen-bond donors (Lipinski definition) is 0. The lowest BCUT2D eigenvalue weighted by molar-refractivity contribution is -0.126. The van der Waals surface area contributed by atoms with Gasteiger partial charge in [-0.1, -0.05) is 5.57 Å². The molecule has 3 nitrogen and oxygen atoms in total. The number of carbonyl (C=O) groups excluding carboxylic acids is 1. The van der Waals surface area contributed by atoms with Crippen molar-refractivity contribution in [2.45, 2.75) is 46.2 Å². The predicted molar refractivity (Wildman–Crippen MR) is 64.6 cm³/mol. The van der Waals surface area contributed by atoms with E-state index in [1.807, 2.05) is 24.9 Å². The SMILES string of the molecule is CC1=CN2C(=O)C(C)=C(C)N(C)C(C)C2C1. The van der Waals surface area contributed by atoms with Crippen LogP contribution in [-0.4, -0.2) is 34.8 Å². The molecule has 2 atom stereocenters. The van der Waals surface area contributed by atoms with Crippen LogP contribution in [0.15, 0.2) is 23.0 Å². The lowest BCUT2D eigenvalue weighted by atomic mass is 10.0. The van der Waals surface area contributed by atoms with E-state index in [1.165, 1.54) is 5.57 Å². The summed E-state index contributed by atoms with van der Waals surface area (Å²) in [6.45, 7) is 8.24. The molecule has 1 amide bonds. The molecule has 0 fully saturated rings. The van der Waals surface area contributed by atoms with Gasteiger partial charge in [0.15, 0.2) is 0 Å². The highest BCUT2D eigenvalue weighted by atomic mass is 16.2. The van der Waals surface area contributed by atoms with Crippen molar-refractivity contribution in [3.63, 3.8) is 0 Å². The number of amides is 1. The Labute approximate surface area is 97.4 Å². The maximum Gasteiger partial charge on any atom is 0.255 e. The molecule has 0 aromatic heterocycles. The van der Waals surface area contributed by atoms with Gasteiger partial charge in [0.1, 0.15) is 0 Å². The number of likely N-dealkylation sites (N-methyl/N-ethyl adjacent to an activating group) is 1. The van der Waals surface area contributed by atoms with Gasteiger partial charge in [-0.05, 0) is 34.1 Å². The molecule has 0 saturated heterocycles. The Morgan fingerprint density at radius 1 is 1.31 bits per heavy atom. The van der Waals surface area contributed by atoms with Crippen LogP contribution in [0, 0.1) is 0 Å². The van der Waals surface area contributed by atoms with Gasteiger partial charge >= 0.3 is 0 Å². The molecule has 3 heteroatoms. The van der Waals surface area contributed by atoms with Crippen molar-refractivity contribution in [3.8, 4) is 0 Å². The monoisotopic (exact) mass is 220 g/mol. The molecule has 0 saturated carbocycles. The van der Waals surface area contributed by atoms with Crippen molar-refractivity contribution < 1.29 is 4.79 Å². The zero-order chi connectivity index (χ0) is 12.0. The summed E-state index contributed by atoms with van der Waals surface area (Å²) in [5, 5.41) is 0. The Balaban J connectivity index is 2.46. The Bertz CT molecular complexity index is 395. The molecular weight excluding hydrogens is 200 g/mol. The summed E-state index contributed by atoms with van der Waals surface area (Å²) in [5.74, 6) is 0.163. The maximum atomic E-state index is 12.3. The van der Waals surface area contributed by atoms with Crippen LogP contribution in [0.4, 0.5) is 0 Å². The van der Waals surface area contributed by atoms with Crippen molar-refractivity contribution in [1.29, 1.82) is 0 Å². The van der Waals surface area contributed by atoms with Crippen LogP contribution in [0.5, 0.6) is 0 Å². The highest BCUT2D eigenvalue weighted by Crippen LogP contribution is 2.32. The minimum absolute atomic E-state index is 0.163. The first-order valence-electron chi connectivity index (χ1n) is 5.83. The molecule has 0 radical (unpaired) electrons. The number of carbonyl (C=O) groups is 1. The van der Waals surface area contributed by atoms with E-state index in [-0.39, 0.29) is 5.91 Å². The zero-order valence-electron chi connectivity index (χ0n) is 10.7. The molecule has 2 heterocycles. The quantitative estimate of drug-likeness (QED) is 0.624. The van der Waals surface area contributed by atoms with Crippen LogP contribution in [0.2, 0.25) is 0 Å². The smallest absolute Gasteiger partial charge is 0.255 e. The second-order valence-electron chi connectivity index (χ2n) is 5.02. The fraction of sp³-hybridized carbons (Fsp3) is 0.615. The Morgan fingerprint density at radius 2 is 1.94 bits per heavy atom. The van der Waals surface area contributed by atoms with E-state index >= 15 is 0 Å². The highest BCUT2D eigenvalue weighted by molar-refractivity contribution is 5.95. The van der Waals surface area contributed by atoms with Gasteiger partial charge in [-0.25, -0.2) is 0 Å². The standard InChI is InChI=1S/C13H20N2O/c1-8-6-12-11(4)14(5)10(3)9(2)13(16)15(12)7-8/h7,11-12H,6H2,1-5H3. The molecule has 88 valence electrons. The van der Waals surface area contributed by atoms with Gasteiger partial charge in [-0.15, -0.1) is 0 Å². The van der Waals surface area contributed by atoms with Crippen molar-refractivity contribution in [2.24, 2.45) is 0 Å². The number of hydrogen-bond acceptors (Lipinski definition) is 2. The van der Waals surface area contributed by atoms with Gasteiger partial charge in [0, 0.05) is 30.6 Å². The molecule has 0 aliphatic carbocycles. The van der Waals surface area contributed by atoms with E-state index in [1.54, 1.807) is 0 Å². The van der Waals surface area contributed by atoms with E-state index in [2.05, 4.69) is 25.8 Å². The zero-order valence-corrected chi connectivity index (χ0v) is 10.7. The van der Waals surface area contributed by atoms with Crippen LogP contribution >= 0.6 is 0 Å². The van der Waals surface area contributed by atoms with Crippen LogP contribution in [-0.2, 0) is 4.79 Å². The summed E-state index contributed by atoms with van der Waals surface area (Å²) < 4.78 is 0. The fourth-order valence-corrected chi connectivity index (χ4v) is 2.60. The largest absolute Gasteiger partial charge is 0.373 e. The van der Waals surface area contributed by atoms with Gasteiger partial charge < -0.3 is 9.80 Å². The summed E-state index contributed by atoms with van der Waals surface area (Å²) in [6, 6.07) is 0.667. The molecule has 2 aliphatic rings. The average molecular weight is 220 g/mol. The minimum Gasteiger partial charge on any atom is -0.373 e. The normalized spacial score (nSPS) is 30.6. The lowest BCUT2D eigenvalue weighted by Crippen LogP contribution is -2.43. The third kappa shape index (κ3) is 1.46. The van der Waals surface area contributed by atoms with Gasteiger partial charge in [0.2, 0.25) is 0 Å². The molecule has 2 unspecified atom stereocenters. The van der Waals surface area contributed by atoms with E-state index in [4.69, 9.17) is 0 Å². The second kappa shape index (κ2) is 3.65. The summed E-state index contributed by atoms with van der Waals surface area (Å²) in [7, 11) is 2.08. The summed E-state index contributed by atoms with van der Waals surface area (Å²) in [4.78, 5) is 16.4. The van der Waals surface area contributed by atoms with Crippen LogP contribution < -0.4 is 0 Å². The summed E-state index contributed by atoms with van der Waals surface area (Å²) in [6.07, 6.45) is 3.01. The molecule has 0 aromatic carbocycles. The van der Waals surface area contributed by atoms with E-state index in [9.17, 15) is 4.79 Å². The molecule has 0 bridgehead atoms. The first kappa shape index (κ1) is 11.2. The van der Waals surface area contributed by atoms with E-state index in [0.29, 0.717) is 12.1 Å². The third-order valence-electron chi connectivity index (χ3n) is 4.04. The van der Waals surface area contributed by atoms with Gasteiger partial charge in [-0.3, -0.25) is 4.79 Å². The molecule has 16 heavy (non-hydrogen) atoms. The molecule has 0 aromatic rings. The van der Waals surface area contributed by atoms with Crippen molar-refractivity contribution in [2.75, 3.05) is 7.05 Å². The molecule has 0 N–H and O–H groups in total. The van der Waals surface area contributed by atoms with Crippen molar-refractivity contribution >= 4 is 5.91 Å². The first-order valence-corrected chi connectivity index (χ1v) is 5.83. The van der Waals surface area contributed by atoms with Crippen molar-refractivity contribution in [1.82, 2.24) is 9.80 Å². The molecular formula is C13H20N2O. The highest BCUT2D eigenvalue weighted by Gasteiger charge is 2.37. The molecule has 2 rings (SSSR count). The Morgan fingerprint density at radius 3 is 2.56 bits per heavy atom. The predicted octanol–water partition coefficient (Wildman–Crippen LogP) is 2.12. The minimum atomic E-state index is 0.163. The lowest BCUT2D eigenvalue weighted by Gasteiger charge is -2.33.